The largest absolute Gasteiger partial charge is 0.395 e. The molecule has 17 N–H and O–H groups in total. The summed E-state index contributed by atoms with van der Waals surface area (Å²) in [5.74, 6) is -0.740. The van der Waals surface area contributed by atoms with Crippen LogP contribution < -0.4 is 33.6 Å². The van der Waals surface area contributed by atoms with Crippen molar-refractivity contribution in [3.63, 3.8) is 0 Å². The van der Waals surface area contributed by atoms with E-state index in [1.807, 2.05) is 0 Å². The van der Waals surface area contributed by atoms with Crippen molar-refractivity contribution in [2.24, 2.45) is 28.9 Å². The van der Waals surface area contributed by atoms with Crippen LogP contribution in [0.25, 0.3) is 0 Å². The summed E-state index contributed by atoms with van der Waals surface area (Å²) in [4.78, 5) is 0. The van der Waals surface area contributed by atoms with E-state index in [0.717, 1.165) is 0 Å². The van der Waals surface area contributed by atoms with E-state index in [0.29, 0.717) is 25.9 Å². The molecule has 2 aliphatic heterocycles. The predicted octanol–water partition coefficient (Wildman–Crippen LogP) is -7.06. The number of ether oxygens (including phenoxy) is 3. The maximum Gasteiger partial charge on any atom is 0.186 e. The van der Waals surface area contributed by atoms with Gasteiger partial charge in [-0.1, -0.05) is 0 Å². The number of nitrogens with one attached hydrogen (secondary N) is 2. The molecule has 14 unspecified atom stereocenters. The molecule has 3 rings (SSSR count). The molecular formula is C24H50N6O10. The number of aliphatic hydroxyl groups excluding tert-OH is 7. The van der Waals surface area contributed by atoms with Crippen LogP contribution in [0.2, 0.25) is 0 Å². The first kappa shape index (κ1) is 33.9. The molecule has 40 heavy (non-hydrogen) atoms. The Balaban J connectivity index is 1.91. The molecular weight excluding hydrogens is 532 g/mol. The molecule has 16 heteroatoms. The van der Waals surface area contributed by atoms with Gasteiger partial charge in [0.1, 0.15) is 24.4 Å². The Bertz CT molecular complexity index is 742. The van der Waals surface area contributed by atoms with E-state index in [2.05, 4.69) is 10.6 Å². The van der Waals surface area contributed by atoms with Gasteiger partial charge in [0.2, 0.25) is 0 Å². The lowest BCUT2D eigenvalue weighted by atomic mass is 9.71. The molecule has 2 heterocycles. The van der Waals surface area contributed by atoms with E-state index in [-0.39, 0.29) is 13.0 Å². The molecule has 236 valence electrons. The van der Waals surface area contributed by atoms with E-state index in [9.17, 15) is 35.7 Å². The quantitative estimate of drug-likeness (QED) is 0.0897. The minimum absolute atomic E-state index is 0.0505. The van der Waals surface area contributed by atoms with Crippen molar-refractivity contribution >= 4 is 0 Å². The summed E-state index contributed by atoms with van der Waals surface area (Å²) in [6, 6.07) is -3.74. The molecule has 16 nitrogen and oxygen atoms in total. The van der Waals surface area contributed by atoms with Crippen LogP contribution in [0.3, 0.4) is 0 Å². The molecule has 3 fully saturated rings. The van der Waals surface area contributed by atoms with E-state index in [1.165, 1.54) is 0 Å². The molecule has 0 radical (unpaired) electrons. The average molecular weight is 583 g/mol. The number of rotatable bonds is 13. The number of hydrogen-bond donors (Lipinski definition) is 13. The van der Waals surface area contributed by atoms with Gasteiger partial charge in [-0.25, -0.2) is 0 Å². The van der Waals surface area contributed by atoms with Crippen LogP contribution in [-0.4, -0.2) is 161 Å². The van der Waals surface area contributed by atoms with Crippen LogP contribution in [0.4, 0.5) is 0 Å². The fourth-order valence-corrected chi connectivity index (χ4v) is 6.01. The van der Waals surface area contributed by atoms with E-state index in [1.54, 1.807) is 0 Å². The van der Waals surface area contributed by atoms with Crippen molar-refractivity contribution in [2.45, 2.75) is 105 Å². The zero-order chi connectivity index (χ0) is 29.6. The Morgan fingerprint density at radius 2 is 1.57 bits per heavy atom. The van der Waals surface area contributed by atoms with E-state index >= 15 is 0 Å². The Morgan fingerprint density at radius 1 is 0.875 bits per heavy atom. The first-order valence-corrected chi connectivity index (χ1v) is 14.0. The van der Waals surface area contributed by atoms with Gasteiger partial charge in [-0.15, -0.1) is 0 Å². The second-order valence-electron chi connectivity index (χ2n) is 11.1. The molecule has 0 aromatic heterocycles. The molecule has 0 bridgehead atoms. The lowest BCUT2D eigenvalue weighted by molar-refractivity contribution is -0.307. The highest BCUT2D eigenvalue weighted by Crippen LogP contribution is 2.37. The van der Waals surface area contributed by atoms with Crippen molar-refractivity contribution in [3.8, 4) is 0 Å². The summed E-state index contributed by atoms with van der Waals surface area (Å²) >= 11 is 0. The van der Waals surface area contributed by atoms with Crippen LogP contribution in [0, 0.1) is 5.92 Å². The van der Waals surface area contributed by atoms with Crippen LogP contribution >= 0.6 is 0 Å². The zero-order valence-corrected chi connectivity index (χ0v) is 22.7. The third-order valence-electron chi connectivity index (χ3n) is 8.32. The van der Waals surface area contributed by atoms with E-state index < -0.39 is 111 Å². The lowest BCUT2D eigenvalue weighted by Gasteiger charge is -2.52. The number of nitrogens with two attached hydrogens (primary N) is 4. The van der Waals surface area contributed by atoms with E-state index in [4.69, 9.17) is 37.1 Å². The predicted molar refractivity (Wildman–Crippen MR) is 141 cm³/mol. The Labute approximate surface area is 233 Å². The van der Waals surface area contributed by atoms with Gasteiger partial charge in [0.25, 0.3) is 0 Å². The van der Waals surface area contributed by atoms with Gasteiger partial charge >= 0.3 is 0 Å². The summed E-state index contributed by atoms with van der Waals surface area (Å²) in [7, 11) is 0. The van der Waals surface area contributed by atoms with Crippen molar-refractivity contribution in [3.05, 3.63) is 0 Å². The fourth-order valence-electron chi connectivity index (χ4n) is 6.01. The average Bonchev–Trinajstić information content (AvgIpc) is 2.94. The molecule has 14 atom stereocenters. The fraction of sp³-hybridized carbons (Fsp3) is 1.00. The highest BCUT2D eigenvalue weighted by Gasteiger charge is 2.53. The van der Waals surface area contributed by atoms with Gasteiger partial charge in [-0.05, 0) is 32.4 Å². The summed E-state index contributed by atoms with van der Waals surface area (Å²) in [6.45, 7) is -0.348. The zero-order valence-electron chi connectivity index (χ0n) is 22.7. The maximum atomic E-state index is 11.8. The first-order chi connectivity index (χ1) is 19.1. The summed E-state index contributed by atoms with van der Waals surface area (Å²) < 4.78 is 17.9. The molecule has 0 aromatic rings. The molecule has 3 aliphatic rings. The summed E-state index contributed by atoms with van der Waals surface area (Å²) in [6.07, 6.45) is -8.91. The summed E-state index contributed by atoms with van der Waals surface area (Å²) in [5.41, 5.74) is 24.1. The van der Waals surface area contributed by atoms with Gasteiger partial charge in [0.15, 0.2) is 6.29 Å². The Kier molecular flexibility index (Phi) is 13.3. The summed E-state index contributed by atoms with van der Waals surface area (Å²) in [5, 5.41) is 78.7. The topological polar surface area (TPSA) is 297 Å². The highest BCUT2D eigenvalue weighted by atomic mass is 16.7. The third kappa shape index (κ3) is 7.65. The van der Waals surface area contributed by atoms with Gasteiger partial charge in [0.05, 0.1) is 56.3 Å². The standard InChI is InChI=1S/C24H50N6O10/c25-2-1-3-29-12-5-14(34)15(6-26)38-22(12)17-11(27)4-13(30-10(7-31)8-32)23(20(17)36)40-24-21(37)18(28)19(35)16(9-33)39-24/h10-24,29-37H,1-9,25-28H2. The normalized spacial score (nSPS) is 44.7. The number of aliphatic hydroxyl groups is 7. The molecule has 1 aliphatic carbocycles. The van der Waals surface area contributed by atoms with Crippen molar-refractivity contribution in [2.75, 3.05) is 39.5 Å². The smallest absolute Gasteiger partial charge is 0.186 e. The van der Waals surface area contributed by atoms with Gasteiger partial charge in [-0.3, -0.25) is 0 Å². The van der Waals surface area contributed by atoms with Crippen LogP contribution in [0.15, 0.2) is 0 Å². The number of hydrogen-bond acceptors (Lipinski definition) is 16. The van der Waals surface area contributed by atoms with Crippen LogP contribution in [-0.2, 0) is 14.2 Å². The van der Waals surface area contributed by atoms with Crippen molar-refractivity contribution in [1.29, 1.82) is 0 Å². The SMILES string of the molecule is NCCCNC1CC(O)C(CN)OC1C1C(N)CC(NC(CO)CO)C(OC2OC(CO)C(O)C(N)C2O)C1O. The van der Waals surface area contributed by atoms with Crippen molar-refractivity contribution in [1.82, 2.24) is 10.6 Å². The van der Waals surface area contributed by atoms with Gasteiger partial charge in [-0.2, -0.15) is 0 Å². The second kappa shape index (κ2) is 15.7. The highest BCUT2D eigenvalue weighted by molar-refractivity contribution is 5.07. The minimum atomic E-state index is -1.50. The molecule has 0 spiro atoms. The van der Waals surface area contributed by atoms with Crippen LogP contribution in [0.1, 0.15) is 19.3 Å². The minimum Gasteiger partial charge on any atom is -0.395 e. The van der Waals surface area contributed by atoms with Gasteiger partial charge in [0, 0.05) is 30.6 Å². The van der Waals surface area contributed by atoms with Crippen LogP contribution in [0.5, 0.6) is 0 Å². The van der Waals surface area contributed by atoms with Crippen molar-refractivity contribution < 1.29 is 50.0 Å². The lowest BCUT2D eigenvalue weighted by Crippen LogP contribution is -2.70. The third-order valence-corrected chi connectivity index (χ3v) is 8.32. The molecule has 0 amide bonds. The molecule has 0 aromatic carbocycles. The maximum absolute atomic E-state index is 11.8. The Morgan fingerprint density at radius 3 is 2.17 bits per heavy atom. The first-order valence-electron chi connectivity index (χ1n) is 14.0. The Hall–Kier alpha value is -0.640. The molecule has 1 saturated carbocycles. The van der Waals surface area contributed by atoms with Gasteiger partial charge < -0.3 is 83.5 Å². The molecule has 2 saturated heterocycles. The second-order valence-corrected chi connectivity index (χ2v) is 11.1. The monoisotopic (exact) mass is 582 g/mol.